The monoisotopic (exact) mass is 189 g/mol. The van der Waals surface area contributed by atoms with Gasteiger partial charge in [0.05, 0.1) is 12.8 Å². The molecule has 0 unspecified atom stereocenters. The predicted octanol–water partition coefficient (Wildman–Crippen LogP) is 2.59. The first-order valence-corrected chi connectivity index (χ1v) is 3.85. The van der Waals surface area contributed by atoms with Crippen molar-refractivity contribution in [2.24, 2.45) is 0 Å². The van der Waals surface area contributed by atoms with Gasteiger partial charge in [0.15, 0.2) is 0 Å². The highest BCUT2D eigenvalue weighted by atomic mass is 35.5. The Bertz CT molecular complexity index is 201. The van der Waals surface area contributed by atoms with E-state index in [1.54, 1.807) is 6.26 Å². The minimum Gasteiger partial charge on any atom is -0.468 e. The van der Waals surface area contributed by atoms with Crippen molar-refractivity contribution >= 4 is 12.4 Å². The van der Waals surface area contributed by atoms with Crippen LogP contribution in [0, 0.1) is 0 Å². The van der Waals surface area contributed by atoms with Crippen molar-refractivity contribution in [2.45, 2.75) is 32.9 Å². The molecule has 0 aliphatic rings. The third-order valence-corrected chi connectivity index (χ3v) is 1.37. The molecule has 3 heteroatoms. The van der Waals surface area contributed by atoms with Crippen molar-refractivity contribution in [2.75, 3.05) is 0 Å². The minimum atomic E-state index is 0. The maximum atomic E-state index is 5.17. The summed E-state index contributed by atoms with van der Waals surface area (Å²) in [6.45, 7) is 7.21. The van der Waals surface area contributed by atoms with E-state index in [1.807, 2.05) is 12.1 Å². The lowest BCUT2D eigenvalue weighted by Gasteiger charge is -2.19. The summed E-state index contributed by atoms with van der Waals surface area (Å²) in [5.74, 6) is 0.986. The molecular weight excluding hydrogens is 174 g/mol. The molecule has 1 aromatic heterocycles. The number of nitrogens with one attached hydrogen (secondary N) is 1. The van der Waals surface area contributed by atoms with Gasteiger partial charge in [0.2, 0.25) is 0 Å². The van der Waals surface area contributed by atoms with Crippen molar-refractivity contribution in [3.05, 3.63) is 24.2 Å². The van der Waals surface area contributed by atoms with E-state index >= 15 is 0 Å². The van der Waals surface area contributed by atoms with Crippen LogP contribution in [0.3, 0.4) is 0 Å². The molecule has 0 aliphatic carbocycles. The van der Waals surface area contributed by atoms with E-state index < -0.39 is 0 Å². The van der Waals surface area contributed by atoms with Crippen LogP contribution in [-0.4, -0.2) is 5.54 Å². The molecule has 1 N–H and O–H groups in total. The van der Waals surface area contributed by atoms with Gasteiger partial charge in [0.1, 0.15) is 5.76 Å². The predicted molar refractivity (Wildman–Crippen MR) is 52.5 cm³/mol. The van der Waals surface area contributed by atoms with Crippen molar-refractivity contribution in [1.29, 1.82) is 0 Å². The first-order valence-electron chi connectivity index (χ1n) is 3.85. The van der Waals surface area contributed by atoms with Gasteiger partial charge < -0.3 is 9.73 Å². The van der Waals surface area contributed by atoms with Gasteiger partial charge in [-0.15, -0.1) is 12.4 Å². The summed E-state index contributed by atoms with van der Waals surface area (Å²) in [7, 11) is 0. The van der Waals surface area contributed by atoms with Crippen LogP contribution in [0.5, 0.6) is 0 Å². The van der Waals surface area contributed by atoms with E-state index in [2.05, 4.69) is 26.1 Å². The van der Waals surface area contributed by atoms with Gasteiger partial charge in [0, 0.05) is 5.54 Å². The Morgan fingerprint density at radius 1 is 1.42 bits per heavy atom. The summed E-state index contributed by atoms with van der Waals surface area (Å²) in [5, 5.41) is 3.33. The third kappa shape index (κ3) is 4.42. The normalized spacial score (nSPS) is 10.9. The van der Waals surface area contributed by atoms with Crippen LogP contribution in [0.2, 0.25) is 0 Å². The molecule has 12 heavy (non-hydrogen) atoms. The summed E-state index contributed by atoms with van der Waals surface area (Å²) < 4.78 is 5.17. The fraction of sp³-hybridized carbons (Fsp3) is 0.556. The standard InChI is InChI=1S/C9H15NO.ClH/c1-9(2,3)10-7-8-5-4-6-11-8;/h4-6,10H,7H2,1-3H3;1H. The van der Waals surface area contributed by atoms with Gasteiger partial charge in [-0.05, 0) is 32.9 Å². The van der Waals surface area contributed by atoms with Crippen LogP contribution < -0.4 is 5.32 Å². The van der Waals surface area contributed by atoms with Crippen LogP contribution in [0.15, 0.2) is 22.8 Å². The molecule has 0 bridgehead atoms. The van der Waals surface area contributed by atoms with Gasteiger partial charge in [-0.25, -0.2) is 0 Å². The second-order valence-electron chi connectivity index (χ2n) is 3.68. The molecule has 0 spiro atoms. The SMILES string of the molecule is CC(C)(C)NCc1ccco1.Cl. The van der Waals surface area contributed by atoms with Crippen molar-refractivity contribution < 1.29 is 4.42 Å². The summed E-state index contributed by atoms with van der Waals surface area (Å²) in [6, 6.07) is 3.87. The van der Waals surface area contributed by atoms with Crippen molar-refractivity contribution in [1.82, 2.24) is 5.32 Å². The second-order valence-corrected chi connectivity index (χ2v) is 3.68. The minimum absolute atomic E-state index is 0. The Kier molecular flexibility index (Phi) is 4.35. The van der Waals surface area contributed by atoms with Crippen LogP contribution in [0.1, 0.15) is 26.5 Å². The second kappa shape index (κ2) is 4.53. The molecule has 70 valence electrons. The molecule has 0 saturated carbocycles. The number of hydrogen-bond donors (Lipinski definition) is 1. The summed E-state index contributed by atoms with van der Waals surface area (Å²) >= 11 is 0. The molecule has 0 aliphatic heterocycles. The van der Waals surface area contributed by atoms with Crippen molar-refractivity contribution in [3.63, 3.8) is 0 Å². The lowest BCUT2D eigenvalue weighted by Crippen LogP contribution is -2.34. The Labute approximate surface area is 79.8 Å². The van der Waals surface area contributed by atoms with Crippen LogP contribution >= 0.6 is 12.4 Å². The van der Waals surface area contributed by atoms with Gasteiger partial charge in [0.25, 0.3) is 0 Å². The number of hydrogen-bond acceptors (Lipinski definition) is 2. The Morgan fingerprint density at radius 2 is 2.08 bits per heavy atom. The maximum absolute atomic E-state index is 5.17. The van der Waals surface area contributed by atoms with Gasteiger partial charge in [-0.3, -0.25) is 0 Å². The van der Waals surface area contributed by atoms with Gasteiger partial charge in [-0.1, -0.05) is 0 Å². The molecule has 1 rings (SSSR count). The molecule has 0 radical (unpaired) electrons. The zero-order valence-corrected chi connectivity index (χ0v) is 8.57. The van der Waals surface area contributed by atoms with Gasteiger partial charge in [-0.2, -0.15) is 0 Å². The highest BCUT2D eigenvalue weighted by Gasteiger charge is 2.08. The molecule has 0 saturated heterocycles. The molecule has 0 atom stereocenters. The van der Waals surface area contributed by atoms with E-state index in [1.165, 1.54) is 0 Å². The lowest BCUT2D eigenvalue weighted by molar-refractivity contribution is 0.388. The molecule has 1 heterocycles. The number of rotatable bonds is 2. The van der Waals surface area contributed by atoms with E-state index in [0.717, 1.165) is 12.3 Å². The molecule has 0 amide bonds. The highest BCUT2D eigenvalue weighted by Crippen LogP contribution is 2.03. The number of furan rings is 1. The summed E-state index contributed by atoms with van der Waals surface area (Å²) in [5.41, 5.74) is 0.160. The molecule has 0 fully saturated rings. The van der Waals surface area contributed by atoms with E-state index in [-0.39, 0.29) is 17.9 Å². The molecule has 0 aromatic carbocycles. The fourth-order valence-electron chi connectivity index (χ4n) is 0.765. The molecule has 2 nitrogen and oxygen atoms in total. The average molecular weight is 190 g/mol. The van der Waals surface area contributed by atoms with Crippen LogP contribution in [0.25, 0.3) is 0 Å². The van der Waals surface area contributed by atoms with Gasteiger partial charge >= 0.3 is 0 Å². The first kappa shape index (κ1) is 11.5. The Morgan fingerprint density at radius 3 is 2.50 bits per heavy atom. The Hall–Kier alpha value is -0.470. The average Bonchev–Trinajstić information content (AvgIpc) is 2.32. The molecule has 1 aromatic rings. The van der Waals surface area contributed by atoms with E-state index in [9.17, 15) is 0 Å². The number of halogens is 1. The first-order chi connectivity index (χ1) is 5.08. The maximum Gasteiger partial charge on any atom is 0.117 e. The van der Waals surface area contributed by atoms with E-state index in [0.29, 0.717) is 0 Å². The van der Waals surface area contributed by atoms with Crippen molar-refractivity contribution in [3.8, 4) is 0 Å². The smallest absolute Gasteiger partial charge is 0.117 e. The largest absolute Gasteiger partial charge is 0.468 e. The lowest BCUT2D eigenvalue weighted by atomic mass is 10.1. The Balaban J connectivity index is 0.00000121. The van der Waals surface area contributed by atoms with E-state index in [4.69, 9.17) is 4.42 Å². The third-order valence-electron chi connectivity index (χ3n) is 1.37. The summed E-state index contributed by atoms with van der Waals surface area (Å²) in [6.07, 6.45) is 1.69. The molecular formula is C9H16ClNO. The van der Waals surface area contributed by atoms with Crippen LogP contribution in [0.4, 0.5) is 0 Å². The topological polar surface area (TPSA) is 25.2 Å². The zero-order chi connectivity index (χ0) is 8.32. The quantitative estimate of drug-likeness (QED) is 0.774. The highest BCUT2D eigenvalue weighted by molar-refractivity contribution is 5.85. The fourth-order valence-corrected chi connectivity index (χ4v) is 0.765. The zero-order valence-electron chi connectivity index (χ0n) is 7.76. The summed E-state index contributed by atoms with van der Waals surface area (Å²) in [4.78, 5) is 0. The van der Waals surface area contributed by atoms with Crippen LogP contribution in [-0.2, 0) is 6.54 Å².